The second kappa shape index (κ2) is 13.8. The molecule has 256 valence electrons. The second-order valence-corrected chi connectivity index (χ2v) is 16.5. The van der Waals surface area contributed by atoms with Gasteiger partial charge >= 0.3 is 23.9 Å². The van der Waals surface area contributed by atoms with Gasteiger partial charge in [0.1, 0.15) is 12.7 Å². The molecule has 0 radical (unpaired) electrons. The molecule has 2 aliphatic rings. The lowest BCUT2D eigenvalue weighted by atomic mass is 9.89. The number of carbonyl (C=O) groups is 5. The summed E-state index contributed by atoms with van der Waals surface area (Å²) in [6, 6.07) is -0.367. The summed E-state index contributed by atoms with van der Waals surface area (Å²) in [6.07, 6.45) is -3.03. The summed E-state index contributed by atoms with van der Waals surface area (Å²) in [4.78, 5) is 67.5. The van der Waals surface area contributed by atoms with Gasteiger partial charge in [0.05, 0.1) is 21.7 Å². The van der Waals surface area contributed by atoms with Crippen molar-refractivity contribution in [2.45, 2.75) is 140 Å². The van der Waals surface area contributed by atoms with Gasteiger partial charge in [-0.1, -0.05) is 13.8 Å². The fourth-order valence-electron chi connectivity index (χ4n) is 4.46. The topological polar surface area (TPSA) is 135 Å². The highest BCUT2D eigenvalue weighted by atomic mass is 16.7. The van der Waals surface area contributed by atoms with Gasteiger partial charge in [0, 0.05) is 18.7 Å². The van der Waals surface area contributed by atoms with Gasteiger partial charge in [0.2, 0.25) is 0 Å². The highest BCUT2D eigenvalue weighted by Crippen LogP contribution is 2.37. The van der Waals surface area contributed by atoms with Crippen LogP contribution in [0.1, 0.15) is 103 Å². The molecule has 2 rings (SSSR count). The maximum atomic E-state index is 13.5. The van der Waals surface area contributed by atoms with Crippen LogP contribution >= 0.6 is 0 Å². The molecule has 2 heterocycles. The van der Waals surface area contributed by atoms with E-state index in [9.17, 15) is 24.0 Å². The molecule has 11 heteroatoms. The van der Waals surface area contributed by atoms with Gasteiger partial charge in [0.25, 0.3) is 0 Å². The zero-order chi connectivity index (χ0) is 34.9. The molecule has 2 aliphatic heterocycles. The first-order valence-electron chi connectivity index (χ1n) is 15.7. The molecule has 1 fully saturated rings. The molecule has 0 bridgehead atoms. The first-order chi connectivity index (χ1) is 20.2. The minimum atomic E-state index is -1.36. The van der Waals surface area contributed by atoms with E-state index in [-0.39, 0.29) is 30.8 Å². The van der Waals surface area contributed by atoms with Gasteiger partial charge in [-0.15, -0.1) is 0 Å². The van der Waals surface area contributed by atoms with Crippen molar-refractivity contribution in [2.75, 3.05) is 6.61 Å². The summed E-state index contributed by atoms with van der Waals surface area (Å²) < 4.78 is 30.5. The Labute approximate surface area is 268 Å². The first kappa shape index (κ1) is 38.2. The van der Waals surface area contributed by atoms with E-state index in [0.29, 0.717) is 0 Å². The molecule has 0 unspecified atom stereocenters. The number of nitrogens with zero attached hydrogens (tertiary/aromatic N) is 1. The fourth-order valence-corrected chi connectivity index (χ4v) is 4.46. The molecular formula is C34H55NO10. The number of allylic oxidation sites excluding steroid dienone is 1. The van der Waals surface area contributed by atoms with E-state index < -0.39 is 76.2 Å². The van der Waals surface area contributed by atoms with E-state index in [1.807, 2.05) is 13.8 Å². The summed E-state index contributed by atoms with van der Waals surface area (Å²) in [6.45, 7) is 23.8. The summed E-state index contributed by atoms with van der Waals surface area (Å²) in [5, 5.41) is 0. The molecule has 0 aromatic carbocycles. The Morgan fingerprint density at radius 3 is 1.58 bits per heavy atom. The van der Waals surface area contributed by atoms with Crippen molar-refractivity contribution in [3.05, 3.63) is 12.3 Å². The Hall–Kier alpha value is -2.95. The fraction of sp³-hybridized carbons (Fsp3) is 0.794. The Morgan fingerprint density at radius 2 is 1.16 bits per heavy atom. The lowest BCUT2D eigenvalue weighted by molar-refractivity contribution is -0.283. The molecule has 1 saturated heterocycles. The average Bonchev–Trinajstić information content (AvgIpc) is 2.87. The van der Waals surface area contributed by atoms with Gasteiger partial charge in [0.15, 0.2) is 30.3 Å². The van der Waals surface area contributed by atoms with Crippen molar-refractivity contribution >= 4 is 29.7 Å². The Kier molecular flexibility index (Phi) is 11.7. The third-order valence-electron chi connectivity index (χ3n) is 7.46. The van der Waals surface area contributed by atoms with Gasteiger partial charge in [-0.05, 0) is 95.1 Å². The Morgan fingerprint density at radius 1 is 0.733 bits per heavy atom. The highest BCUT2D eigenvalue weighted by molar-refractivity contribution is 5.90. The van der Waals surface area contributed by atoms with E-state index in [2.05, 4.69) is 0 Å². The summed E-state index contributed by atoms with van der Waals surface area (Å²) in [5.41, 5.74) is -3.73. The zero-order valence-corrected chi connectivity index (χ0v) is 29.6. The van der Waals surface area contributed by atoms with E-state index in [0.717, 1.165) is 0 Å². The lowest BCUT2D eigenvalue weighted by Gasteiger charge is -2.51. The number of hydrogen-bond acceptors (Lipinski definition) is 11. The number of hydrogen-bond donors (Lipinski definition) is 0. The van der Waals surface area contributed by atoms with Crippen molar-refractivity contribution in [1.82, 2.24) is 4.90 Å². The lowest BCUT2D eigenvalue weighted by Crippen LogP contribution is -2.68. The van der Waals surface area contributed by atoms with E-state index in [1.54, 1.807) is 94.2 Å². The normalized spacial score (nSPS) is 26.4. The third-order valence-corrected chi connectivity index (χ3v) is 7.46. The predicted octanol–water partition coefficient (Wildman–Crippen LogP) is 4.99. The van der Waals surface area contributed by atoms with Crippen molar-refractivity contribution in [2.24, 2.45) is 27.6 Å². The van der Waals surface area contributed by atoms with Crippen LogP contribution in [0.5, 0.6) is 0 Å². The molecule has 45 heavy (non-hydrogen) atoms. The van der Waals surface area contributed by atoms with E-state index in [1.165, 1.54) is 6.08 Å². The molecule has 0 aromatic rings. The smallest absolute Gasteiger partial charge is 0.311 e. The second-order valence-electron chi connectivity index (χ2n) is 16.5. The van der Waals surface area contributed by atoms with Gasteiger partial charge in [-0.3, -0.25) is 24.0 Å². The minimum absolute atomic E-state index is 0.0364. The number of carbonyl (C=O) groups excluding carboxylic acids is 5. The number of rotatable bonds is 7. The third kappa shape index (κ3) is 10.0. The quantitative estimate of drug-likeness (QED) is 0.276. The Bertz CT molecular complexity index is 1150. The van der Waals surface area contributed by atoms with Crippen molar-refractivity contribution < 1.29 is 47.7 Å². The van der Waals surface area contributed by atoms with Crippen LogP contribution in [0, 0.1) is 27.6 Å². The van der Waals surface area contributed by atoms with Crippen LogP contribution in [0.15, 0.2) is 12.3 Å². The zero-order valence-electron chi connectivity index (χ0n) is 29.6. The highest BCUT2D eigenvalue weighted by Gasteiger charge is 2.56. The molecule has 11 nitrogen and oxygen atoms in total. The molecule has 6 atom stereocenters. The summed E-state index contributed by atoms with van der Waals surface area (Å²) in [7, 11) is 0. The number of esters is 4. The molecule has 0 saturated carbocycles. The van der Waals surface area contributed by atoms with E-state index >= 15 is 0 Å². The standard InChI is InChI=1S/C34H55NO10/c1-19(2)21-17-20(36)15-16-35(21)26-25(45-30(40)34(12,13)14)24(44-29(39)33(9,10)11)23(43-28(38)32(6,7)8)22(42-26)18-41-27(37)31(3,4)5/h15-16,19,21-26H,17-18H2,1-14H3/t21-,22-,23+,24+,25-,26-/m1/s1. The average molecular weight is 638 g/mol. The van der Waals surface area contributed by atoms with Crippen LogP contribution in [0.25, 0.3) is 0 Å². The van der Waals surface area contributed by atoms with Gasteiger partial charge in [-0.2, -0.15) is 0 Å². The molecule has 0 spiro atoms. The summed E-state index contributed by atoms with van der Waals surface area (Å²) >= 11 is 0. The maximum absolute atomic E-state index is 13.5. The maximum Gasteiger partial charge on any atom is 0.311 e. The van der Waals surface area contributed by atoms with E-state index in [4.69, 9.17) is 23.7 Å². The SMILES string of the molecule is CC(C)[C@H]1CC(=O)C=CN1[C@@H]1O[C@H](COC(=O)C(C)(C)C)[C@H](OC(=O)C(C)(C)C)[C@H](OC(=O)C(C)(C)C)[C@H]1OC(=O)C(C)(C)C. The Balaban J connectivity index is 2.82. The predicted molar refractivity (Wildman–Crippen MR) is 166 cm³/mol. The minimum Gasteiger partial charge on any atom is -0.462 e. The molecule has 0 aliphatic carbocycles. The largest absolute Gasteiger partial charge is 0.462 e. The van der Waals surface area contributed by atoms with Crippen molar-refractivity contribution in [3.8, 4) is 0 Å². The van der Waals surface area contributed by atoms with Crippen LogP contribution in [0.4, 0.5) is 0 Å². The first-order valence-corrected chi connectivity index (χ1v) is 15.7. The molecule has 0 amide bonds. The van der Waals surface area contributed by atoms with Crippen LogP contribution in [0.2, 0.25) is 0 Å². The molecule has 0 aromatic heterocycles. The van der Waals surface area contributed by atoms with Crippen LogP contribution in [0.3, 0.4) is 0 Å². The molecular weight excluding hydrogens is 582 g/mol. The summed E-state index contributed by atoms with van der Waals surface area (Å²) in [5.74, 6) is -2.48. The molecule has 0 N–H and O–H groups in total. The van der Waals surface area contributed by atoms with Crippen molar-refractivity contribution in [3.63, 3.8) is 0 Å². The number of ether oxygens (including phenoxy) is 5. The van der Waals surface area contributed by atoms with Crippen LogP contribution < -0.4 is 0 Å². The van der Waals surface area contributed by atoms with Crippen molar-refractivity contribution in [1.29, 1.82) is 0 Å². The van der Waals surface area contributed by atoms with Gasteiger partial charge < -0.3 is 28.6 Å². The number of ketones is 1. The van der Waals surface area contributed by atoms with Gasteiger partial charge in [-0.25, -0.2) is 0 Å². The van der Waals surface area contributed by atoms with Crippen LogP contribution in [-0.2, 0) is 47.7 Å². The monoisotopic (exact) mass is 637 g/mol. The van der Waals surface area contributed by atoms with Crippen LogP contribution in [-0.4, -0.2) is 77.9 Å².